The maximum Gasteiger partial charge on any atom is 0.437 e. The highest BCUT2D eigenvalue weighted by Crippen LogP contribution is 2.23. The number of hydrogen-bond acceptors (Lipinski definition) is 31. The molecule has 20 rings (SSSR count). The van der Waals surface area contributed by atoms with E-state index in [-0.39, 0.29) is 120 Å². The van der Waals surface area contributed by atoms with E-state index < -0.39 is 41.1 Å². The first-order chi connectivity index (χ1) is 67.8. The summed E-state index contributed by atoms with van der Waals surface area (Å²) in [5.41, 5.74) is 12.3. The molecule has 0 aliphatic carbocycles. The molecule has 0 unspecified atom stereocenters. The van der Waals surface area contributed by atoms with Gasteiger partial charge in [0.2, 0.25) is 29.5 Å². The van der Waals surface area contributed by atoms with Crippen LogP contribution < -0.4 is 56.6 Å². The number of alkyl halides is 2. The Labute approximate surface area is 792 Å². The van der Waals surface area contributed by atoms with Crippen LogP contribution in [0, 0.1) is 59.8 Å². The highest BCUT2D eigenvalue weighted by atomic mass is 19.1. The van der Waals surface area contributed by atoms with E-state index in [4.69, 9.17) is 22.1 Å². The zero-order valence-corrected chi connectivity index (χ0v) is 77.6. The lowest BCUT2D eigenvalue weighted by atomic mass is 10.1. The third-order valence-corrected chi connectivity index (χ3v) is 22.7. The molecule has 0 amide bonds. The van der Waals surface area contributed by atoms with Gasteiger partial charge in [0, 0.05) is 33.5 Å². The summed E-state index contributed by atoms with van der Waals surface area (Å²) in [6.45, 7) is 13.9. The highest BCUT2D eigenvalue weighted by molar-refractivity contribution is 5.80. The smallest absolute Gasteiger partial charge is 0.390 e. The molecule has 141 heavy (non-hydrogen) atoms. The van der Waals surface area contributed by atoms with Crippen molar-refractivity contribution < 1.29 is 30.9 Å². The fourth-order valence-electron chi connectivity index (χ4n) is 14.9. The molecule has 0 aliphatic rings. The summed E-state index contributed by atoms with van der Waals surface area (Å²) in [6, 6.07) is 43.5. The number of halogens is 2. The van der Waals surface area contributed by atoms with E-state index in [0.29, 0.717) is 94.4 Å². The topological polar surface area (TPSA) is 518 Å². The van der Waals surface area contributed by atoms with E-state index in [1.165, 1.54) is 103 Å². The minimum Gasteiger partial charge on any atom is -0.390 e. The van der Waals surface area contributed by atoms with Gasteiger partial charge in [-0.25, -0.2) is 82.3 Å². The molecule has 0 radical (unpaired) electrons. The summed E-state index contributed by atoms with van der Waals surface area (Å²) in [5, 5.41) is 34.8. The predicted octanol–water partition coefficient (Wildman–Crippen LogP) is 7.14. The number of rotatable bonds is 25. The second kappa shape index (κ2) is 42.0. The molecule has 15 aromatic heterocycles. The van der Waals surface area contributed by atoms with Gasteiger partial charge in [-0.2, -0.15) is 33.8 Å². The van der Waals surface area contributed by atoms with E-state index in [1.54, 1.807) is 117 Å². The lowest BCUT2D eigenvalue weighted by Gasteiger charge is -2.07. The molecule has 0 bridgehead atoms. The second-order valence-corrected chi connectivity index (χ2v) is 33.2. The van der Waals surface area contributed by atoms with Gasteiger partial charge in [-0.3, -0.25) is 42.2 Å². The van der Waals surface area contributed by atoms with Crippen molar-refractivity contribution in [2.24, 2.45) is 21.1 Å². The first-order valence-corrected chi connectivity index (χ1v) is 43.9. The van der Waals surface area contributed by atoms with Crippen LogP contribution in [0.1, 0.15) is 114 Å². The molecule has 0 fully saturated rings. The van der Waals surface area contributed by atoms with Crippen molar-refractivity contribution in [3.63, 3.8) is 0 Å². The first-order valence-electron chi connectivity index (χ1n) is 43.9. The molecule has 718 valence electrons. The minimum absolute atomic E-state index is 0.00380. The van der Waals surface area contributed by atoms with Crippen LogP contribution in [0.25, 0.3) is 55.4 Å². The molecule has 46 heteroatoms. The molecule has 0 saturated carbocycles. The standard InChI is InChI=1S/2C20H18FN5O3.C19H17N7O3.2C18H18N6O3/c2*1-12-3-5-14(6-4-12)15(21)9-26-20(28)29-16(24-26)10-25-11-23-18-17(19(25)27)13(2)7-8-22-18;1-12-3-5-13(6-4-12)7-8-25-19(28)29-15(23-25)10-26-17-16(14(9-20)22-26)21-11-24(2)18(17)27;2*1-12-3-5-13(6-4-12)7-8-24-18(26)27-14(21-24)9-23-11-20-16-15(17(23)25)22(2)10-19-16/h2*3-8,11,15H,9-10H2,1-2H3;3-6,11H,7-8,10H2,1-2H3;2*3-6,10-11H,7-9H2,1-2H3/t2*15-;;;/m10.../s1. The summed E-state index contributed by atoms with van der Waals surface area (Å²) in [4.78, 5) is 160. The van der Waals surface area contributed by atoms with Crippen molar-refractivity contribution >= 4 is 55.4 Å². The normalized spacial score (nSPS) is 11.7. The van der Waals surface area contributed by atoms with Crippen LogP contribution in [0.3, 0.4) is 0 Å². The first kappa shape index (κ1) is 95.9. The number of aryl methyl sites for hydroxylation is 16. The molecular formula is C95H89F2N29O15. The van der Waals surface area contributed by atoms with Crippen LogP contribution in [0.2, 0.25) is 0 Å². The van der Waals surface area contributed by atoms with Gasteiger partial charge in [0.15, 0.2) is 44.8 Å². The molecule has 0 aliphatic heterocycles. The summed E-state index contributed by atoms with van der Waals surface area (Å²) in [5.74, 6) is -2.83. The average molecular weight is 1910 g/mol. The van der Waals surface area contributed by atoms with Crippen molar-refractivity contribution in [3.8, 4) is 6.07 Å². The number of pyridine rings is 2. The van der Waals surface area contributed by atoms with Gasteiger partial charge in [-0.15, -0.1) is 25.5 Å². The predicted molar refractivity (Wildman–Crippen MR) is 504 cm³/mol. The van der Waals surface area contributed by atoms with Gasteiger partial charge >= 0.3 is 28.8 Å². The van der Waals surface area contributed by atoms with Gasteiger partial charge in [0.25, 0.3) is 27.8 Å². The molecule has 0 N–H and O–H groups in total. The molecule has 44 nitrogen and oxygen atoms in total. The zero-order chi connectivity index (χ0) is 99.6. The van der Waals surface area contributed by atoms with Crippen molar-refractivity contribution in [1.29, 1.82) is 5.26 Å². The number of hydrogen-bond donors (Lipinski definition) is 0. The van der Waals surface area contributed by atoms with Crippen molar-refractivity contribution in [3.05, 3.63) is 397 Å². The second-order valence-electron chi connectivity index (χ2n) is 33.2. The molecule has 0 saturated heterocycles. The van der Waals surface area contributed by atoms with E-state index in [2.05, 4.69) is 75.4 Å². The maximum absolute atomic E-state index is 14.5. The van der Waals surface area contributed by atoms with Gasteiger partial charge in [-0.05, 0) is 119 Å². The number of aromatic nitrogens is 28. The third-order valence-electron chi connectivity index (χ3n) is 22.7. The summed E-state index contributed by atoms with van der Waals surface area (Å²) < 4.78 is 71.5. The third kappa shape index (κ3) is 22.3. The molecule has 2 atom stereocenters. The number of imidazole rings is 2. The van der Waals surface area contributed by atoms with Gasteiger partial charge < -0.3 is 35.8 Å². The van der Waals surface area contributed by atoms with E-state index in [1.807, 2.05) is 113 Å². The fraction of sp³-hybridized carbons (Fsp3) is 0.263. The Morgan fingerprint density at radius 1 is 0.312 bits per heavy atom. The van der Waals surface area contributed by atoms with Gasteiger partial charge in [-0.1, -0.05) is 149 Å². The van der Waals surface area contributed by atoms with Crippen LogP contribution in [0.5, 0.6) is 0 Å². The van der Waals surface area contributed by atoms with Crippen molar-refractivity contribution in [2.45, 2.75) is 146 Å². The Morgan fingerprint density at radius 2 is 0.610 bits per heavy atom. The lowest BCUT2D eigenvalue weighted by molar-refractivity contribution is 0.283. The van der Waals surface area contributed by atoms with Gasteiger partial charge in [0.1, 0.15) is 82.0 Å². The Hall–Kier alpha value is -18.2. The molecule has 15 heterocycles. The quantitative estimate of drug-likeness (QED) is 0.0548. The Bertz CT molecular complexity index is 8300. The Morgan fingerprint density at radius 3 is 0.957 bits per heavy atom. The van der Waals surface area contributed by atoms with Crippen LogP contribution in [-0.4, -0.2) is 136 Å². The van der Waals surface area contributed by atoms with Crippen molar-refractivity contribution in [1.82, 2.24) is 136 Å². The molecule has 5 aromatic carbocycles. The summed E-state index contributed by atoms with van der Waals surface area (Å²) in [6.07, 6.45) is 12.1. The highest BCUT2D eigenvalue weighted by Gasteiger charge is 2.24. The number of nitriles is 1. The van der Waals surface area contributed by atoms with E-state index in [9.17, 15) is 62.0 Å². The minimum atomic E-state index is -1.41. The zero-order valence-electron chi connectivity index (χ0n) is 77.6. The van der Waals surface area contributed by atoms with E-state index >= 15 is 0 Å². The fourth-order valence-corrected chi connectivity index (χ4v) is 14.9. The monoisotopic (exact) mass is 1910 g/mol. The molecule has 0 spiro atoms. The Balaban J connectivity index is 0.000000127. The number of benzene rings is 5. The summed E-state index contributed by atoms with van der Waals surface area (Å²) >= 11 is 0. The van der Waals surface area contributed by atoms with Crippen LogP contribution in [-0.2, 0) is 106 Å². The lowest BCUT2D eigenvalue weighted by Crippen LogP contribution is -2.22. The molecular weight excluding hydrogens is 1830 g/mol. The SMILES string of the molecule is Cc1ccc(CCn2nc(Cn3cnc4ncn(C)c4c3=O)oc2=O)cc1.Cc1ccc(CCn2nc(Cn3cnc4ncn(C)c4c3=O)oc2=O)cc1.Cc1ccc(CCn2nc(Cn3nc(C#N)c4ncn(C)c(=O)c43)oc2=O)cc1.Cc1ccc([C@@H](F)Cn2nc(Cn3cnc4nccc(C)c4c3=O)oc2=O)cc1.Cc1ccc([C@H](F)Cn2nc(Cn3cnc4nccc(C)c4c3=O)oc2=O)cc1. The summed E-state index contributed by atoms with van der Waals surface area (Å²) in [7, 11) is 5.00. The number of fused-ring (bicyclic) bond motifs is 5. The van der Waals surface area contributed by atoms with Crippen molar-refractivity contribution in [2.75, 3.05) is 0 Å². The average Bonchev–Trinajstić information content (AvgIpc) is 1.36. The largest absolute Gasteiger partial charge is 0.437 e. The van der Waals surface area contributed by atoms with Crippen LogP contribution in [0.15, 0.2) is 260 Å². The molecule has 20 aromatic rings. The van der Waals surface area contributed by atoms with Gasteiger partial charge in [0.05, 0.1) is 62.5 Å². The van der Waals surface area contributed by atoms with Crippen LogP contribution >= 0.6 is 0 Å². The Kier molecular flexibility index (Phi) is 28.5. The number of nitrogens with zero attached hydrogens (tertiary/aromatic N) is 29. The van der Waals surface area contributed by atoms with Crippen LogP contribution in [0.4, 0.5) is 8.78 Å². The maximum atomic E-state index is 14.5. The van der Waals surface area contributed by atoms with E-state index in [0.717, 1.165) is 48.3 Å².